The van der Waals surface area contributed by atoms with E-state index in [0.717, 1.165) is 43.6 Å². The summed E-state index contributed by atoms with van der Waals surface area (Å²) < 4.78 is 2.53. The first-order valence-electron chi connectivity index (χ1n) is 10.3. The van der Waals surface area contributed by atoms with Crippen molar-refractivity contribution in [2.75, 3.05) is 13.1 Å². The van der Waals surface area contributed by atoms with E-state index in [4.69, 9.17) is 4.98 Å². The number of benzene rings is 1. The number of aromatic amines is 1. The average Bonchev–Trinajstić information content (AvgIpc) is 3.33. The van der Waals surface area contributed by atoms with Crippen LogP contribution in [0, 0.1) is 0 Å². The van der Waals surface area contributed by atoms with Crippen LogP contribution < -0.4 is 0 Å². The van der Waals surface area contributed by atoms with Crippen molar-refractivity contribution in [2.24, 2.45) is 0 Å². The van der Waals surface area contributed by atoms with Gasteiger partial charge in [0, 0.05) is 43.2 Å². The summed E-state index contributed by atoms with van der Waals surface area (Å²) in [5.41, 5.74) is 4.61. The first-order chi connectivity index (χ1) is 13.7. The highest BCUT2D eigenvalue weighted by atomic mass is 15.2. The Morgan fingerprint density at radius 1 is 1.11 bits per heavy atom. The molecule has 5 heteroatoms. The summed E-state index contributed by atoms with van der Waals surface area (Å²) in [6, 6.07) is 13.4. The molecule has 1 aliphatic heterocycles. The minimum atomic E-state index is 0.392. The Bertz CT molecular complexity index is 1080. The molecule has 1 aromatic carbocycles. The number of pyridine rings is 1. The van der Waals surface area contributed by atoms with Gasteiger partial charge in [-0.25, -0.2) is 9.97 Å². The molecule has 144 valence electrons. The van der Waals surface area contributed by atoms with Gasteiger partial charge in [0.25, 0.3) is 0 Å². The van der Waals surface area contributed by atoms with Gasteiger partial charge in [0.05, 0.1) is 11.7 Å². The van der Waals surface area contributed by atoms with Crippen LogP contribution in [0.2, 0.25) is 0 Å². The lowest BCUT2D eigenvalue weighted by atomic mass is 10.0. The SMILES string of the molecule is CC(C)c1nc2cnc3[nH]ccc3c2n1C1CCN(Cc2ccccc2)CC1. The number of fused-ring (bicyclic) bond motifs is 3. The zero-order valence-electron chi connectivity index (χ0n) is 16.6. The average molecular weight is 374 g/mol. The fourth-order valence-corrected chi connectivity index (χ4v) is 4.56. The van der Waals surface area contributed by atoms with E-state index in [-0.39, 0.29) is 0 Å². The molecule has 0 bridgehead atoms. The first-order valence-corrected chi connectivity index (χ1v) is 10.3. The van der Waals surface area contributed by atoms with Gasteiger partial charge in [-0.2, -0.15) is 0 Å². The highest BCUT2D eigenvalue weighted by Crippen LogP contribution is 2.34. The Morgan fingerprint density at radius 2 is 1.89 bits per heavy atom. The maximum Gasteiger partial charge on any atom is 0.139 e. The Balaban J connectivity index is 1.46. The molecule has 5 nitrogen and oxygen atoms in total. The van der Waals surface area contributed by atoms with E-state index >= 15 is 0 Å². The van der Waals surface area contributed by atoms with Gasteiger partial charge in [-0.15, -0.1) is 0 Å². The van der Waals surface area contributed by atoms with Gasteiger partial charge in [-0.1, -0.05) is 44.2 Å². The third-order valence-corrected chi connectivity index (χ3v) is 5.95. The molecule has 0 aliphatic carbocycles. The van der Waals surface area contributed by atoms with Crippen molar-refractivity contribution in [1.82, 2.24) is 24.4 Å². The van der Waals surface area contributed by atoms with Gasteiger partial charge in [0.15, 0.2) is 0 Å². The lowest BCUT2D eigenvalue weighted by Gasteiger charge is -2.34. The van der Waals surface area contributed by atoms with Gasteiger partial charge < -0.3 is 9.55 Å². The summed E-state index contributed by atoms with van der Waals surface area (Å²) in [4.78, 5) is 15.4. The largest absolute Gasteiger partial charge is 0.346 e. The molecule has 0 atom stereocenters. The number of nitrogens with zero attached hydrogens (tertiary/aromatic N) is 4. The number of likely N-dealkylation sites (tertiary alicyclic amines) is 1. The number of hydrogen-bond acceptors (Lipinski definition) is 3. The van der Waals surface area contributed by atoms with Crippen molar-refractivity contribution in [1.29, 1.82) is 0 Å². The van der Waals surface area contributed by atoms with Gasteiger partial charge in [-0.05, 0) is 24.5 Å². The molecule has 0 amide bonds. The summed E-state index contributed by atoms with van der Waals surface area (Å²) in [6.07, 6.45) is 6.21. The summed E-state index contributed by atoms with van der Waals surface area (Å²) in [7, 11) is 0. The number of imidazole rings is 1. The van der Waals surface area contributed by atoms with Crippen molar-refractivity contribution in [3.63, 3.8) is 0 Å². The molecule has 0 saturated carbocycles. The zero-order chi connectivity index (χ0) is 19.1. The molecular weight excluding hydrogens is 346 g/mol. The predicted molar refractivity (Wildman–Crippen MR) is 113 cm³/mol. The molecule has 4 aromatic rings. The second-order valence-electron chi connectivity index (χ2n) is 8.22. The highest BCUT2D eigenvalue weighted by molar-refractivity contribution is 6.01. The third-order valence-electron chi connectivity index (χ3n) is 5.95. The van der Waals surface area contributed by atoms with Gasteiger partial charge >= 0.3 is 0 Å². The molecule has 0 unspecified atom stereocenters. The fraction of sp³-hybridized carbons (Fsp3) is 0.391. The lowest BCUT2D eigenvalue weighted by Crippen LogP contribution is -2.34. The molecule has 1 N–H and O–H groups in total. The highest BCUT2D eigenvalue weighted by Gasteiger charge is 2.26. The maximum atomic E-state index is 4.98. The van der Waals surface area contributed by atoms with Gasteiger partial charge in [0.2, 0.25) is 0 Å². The molecule has 0 radical (unpaired) electrons. The van der Waals surface area contributed by atoms with Gasteiger partial charge in [-0.3, -0.25) is 4.90 Å². The molecule has 0 spiro atoms. The van der Waals surface area contributed by atoms with Crippen molar-refractivity contribution in [2.45, 2.75) is 45.2 Å². The summed E-state index contributed by atoms with van der Waals surface area (Å²) >= 11 is 0. The van der Waals surface area contributed by atoms with Crippen LogP contribution in [0.15, 0.2) is 48.8 Å². The van der Waals surface area contributed by atoms with E-state index in [1.165, 1.54) is 22.3 Å². The molecule has 4 heterocycles. The van der Waals surface area contributed by atoms with Crippen LogP contribution in [0.25, 0.3) is 22.1 Å². The Kier molecular flexibility index (Phi) is 4.40. The second-order valence-corrected chi connectivity index (χ2v) is 8.22. The molecule has 28 heavy (non-hydrogen) atoms. The van der Waals surface area contributed by atoms with E-state index < -0.39 is 0 Å². The number of aromatic nitrogens is 4. The molecular formula is C23H27N5. The van der Waals surface area contributed by atoms with Crippen LogP contribution in [0.1, 0.15) is 50.0 Å². The molecule has 1 fully saturated rings. The number of rotatable bonds is 4. The first kappa shape index (κ1) is 17.4. The minimum Gasteiger partial charge on any atom is -0.346 e. The van der Waals surface area contributed by atoms with E-state index in [9.17, 15) is 0 Å². The number of H-pyrrole nitrogens is 1. The Labute approximate surface area is 165 Å². The van der Waals surface area contributed by atoms with E-state index in [2.05, 4.69) is 69.7 Å². The normalized spacial score (nSPS) is 16.5. The van der Waals surface area contributed by atoms with Crippen molar-refractivity contribution in [3.05, 3.63) is 60.2 Å². The molecule has 3 aromatic heterocycles. The van der Waals surface area contributed by atoms with Crippen LogP contribution in [0.3, 0.4) is 0 Å². The second kappa shape index (κ2) is 7.06. The lowest BCUT2D eigenvalue weighted by molar-refractivity contribution is 0.179. The van der Waals surface area contributed by atoms with Gasteiger partial charge in [0.1, 0.15) is 17.0 Å². The minimum absolute atomic E-state index is 0.392. The molecule has 1 aliphatic rings. The summed E-state index contributed by atoms with van der Waals surface area (Å²) in [5.74, 6) is 1.58. The van der Waals surface area contributed by atoms with Crippen molar-refractivity contribution in [3.8, 4) is 0 Å². The number of piperidine rings is 1. The maximum absolute atomic E-state index is 4.98. The fourth-order valence-electron chi connectivity index (χ4n) is 4.56. The third kappa shape index (κ3) is 3.00. The van der Waals surface area contributed by atoms with Crippen LogP contribution in [0.5, 0.6) is 0 Å². The summed E-state index contributed by atoms with van der Waals surface area (Å²) in [5, 5.41) is 1.18. The monoisotopic (exact) mass is 373 g/mol. The summed E-state index contributed by atoms with van der Waals surface area (Å²) in [6.45, 7) is 7.77. The van der Waals surface area contributed by atoms with Crippen molar-refractivity contribution >= 4 is 22.1 Å². The zero-order valence-corrected chi connectivity index (χ0v) is 16.6. The van der Waals surface area contributed by atoms with Crippen LogP contribution >= 0.6 is 0 Å². The topological polar surface area (TPSA) is 49.7 Å². The molecule has 1 saturated heterocycles. The standard InChI is InChI=1S/C23H27N5/c1-16(2)23-26-20-14-25-22-19(8-11-24-22)21(20)28(23)18-9-12-27(13-10-18)15-17-6-4-3-5-7-17/h3-8,11,14,16,18H,9-10,12-13,15H2,1-2H3,(H,24,25). The van der Waals surface area contributed by atoms with Crippen LogP contribution in [-0.2, 0) is 6.54 Å². The quantitative estimate of drug-likeness (QED) is 0.555. The number of hydrogen-bond donors (Lipinski definition) is 1. The smallest absolute Gasteiger partial charge is 0.139 e. The van der Waals surface area contributed by atoms with Crippen molar-refractivity contribution < 1.29 is 0 Å². The van der Waals surface area contributed by atoms with E-state index in [0.29, 0.717) is 12.0 Å². The molecule has 5 rings (SSSR count). The Morgan fingerprint density at radius 3 is 2.64 bits per heavy atom. The number of nitrogens with one attached hydrogen (secondary N) is 1. The van der Waals surface area contributed by atoms with E-state index in [1.54, 1.807) is 0 Å². The Hall–Kier alpha value is -2.66. The van der Waals surface area contributed by atoms with Crippen LogP contribution in [-0.4, -0.2) is 37.5 Å². The van der Waals surface area contributed by atoms with Crippen LogP contribution in [0.4, 0.5) is 0 Å². The predicted octanol–water partition coefficient (Wildman–Crippen LogP) is 4.87. The van der Waals surface area contributed by atoms with E-state index in [1.807, 2.05) is 12.4 Å².